The van der Waals surface area contributed by atoms with Crippen LogP contribution in [0, 0.1) is 0 Å². The molecule has 0 aliphatic heterocycles. The lowest BCUT2D eigenvalue weighted by Gasteiger charge is -2.16. The van der Waals surface area contributed by atoms with E-state index in [1.807, 2.05) is 0 Å². The predicted octanol–water partition coefficient (Wildman–Crippen LogP) is 2.56. The third-order valence-electron chi connectivity index (χ3n) is 2.11. The Balaban J connectivity index is 2.40. The van der Waals surface area contributed by atoms with Gasteiger partial charge in [-0.1, -0.05) is 40.3 Å². The molecule has 0 aromatic heterocycles. The quantitative estimate of drug-likeness (QED) is 0.844. The molecular weight excluding hydrogens is 272 g/mol. The normalized spacial score (nSPS) is 10.6. The van der Waals surface area contributed by atoms with E-state index < -0.39 is 0 Å². The van der Waals surface area contributed by atoms with Crippen molar-refractivity contribution in [2.24, 2.45) is 5.73 Å². The Morgan fingerprint density at radius 3 is 2.53 bits per heavy atom. The number of rotatable bonds is 5. The Hall–Kier alpha value is -0.450. The van der Waals surface area contributed by atoms with Gasteiger partial charge in [-0.15, -0.1) is 0 Å². The molecule has 0 amide bonds. The van der Waals surface area contributed by atoms with Gasteiger partial charge in [-0.3, -0.25) is 0 Å². The molecule has 82 valence electrons. The second kappa shape index (κ2) is 6.20. The van der Waals surface area contributed by atoms with Crippen molar-refractivity contribution in [3.63, 3.8) is 0 Å². The first kappa shape index (κ1) is 12.6. The molecule has 0 unspecified atom stereocenters. The summed E-state index contributed by atoms with van der Waals surface area (Å²) in [5.41, 5.74) is 6.75. The molecule has 1 aromatic carbocycles. The lowest BCUT2D eigenvalue weighted by atomic mass is 10.2. The van der Waals surface area contributed by atoms with E-state index in [2.05, 4.69) is 52.1 Å². The van der Waals surface area contributed by atoms with Gasteiger partial charge in [0.1, 0.15) is 0 Å². The molecular formula is C11H15BrN2S. The predicted molar refractivity (Wildman–Crippen MR) is 71.9 cm³/mol. The van der Waals surface area contributed by atoms with Crippen molar-refractivity contribution in [1.82, 2.24) is 4.90 Å². The summed E-state index contributed by atoms with van der Waals surface area (Å²) >= 11 is 8.25. The van der Waals surface area contributed by atoms with Crippen LogP contribution in [0.15, 0.2) is 28.7 Å². The summed E-state index contributed by atoms with van der Waals surface area (Å²) < 4.78 is 1.11. The second-order valence-corrected chi connectivity index (χ2v) is 5.02. The zero-order valence-corrected chi connectivity index (χ0v) is 11.1. The van der Waals surface area contributed by atoms with Crippen LogP contribution in [0.4, 0.5) is 0 Å². The van der Waals surface area contributed by atoms with Crippen LogP contribution in [0.2, 0.25) is 0 Å². The number of nitrogens with zero attached hydrogens (tertiary/aromatic N) is 1. The van der Waals surface area contributed by atoms with Gasteiger partial charge < -0.3 is 10.6 Å². The Labute approximate surface area is 105 Å². The summed E-state index contributed by atoms with van der Waals surface area (Å²) in [6, 6.07) is 8.33. The molecule has 0 spiro atoms. The van der Waals surface area contributed by atoms with Crippen LogP contribution in [0.25, 0.3) is 0 Å². The summed E-state index contributed by atoms with van der Waals surface area (Å²) in [4.78, 5) is 2.79. The largest absolute Gasteiger partial charge is 0.393 e. The number of halogens is 1. The number of hydrogen-bond acceptors (Lipinski definition) is 2. The molecule has 1 rings (SSSR count). The fraction of sp³-hybridized carbons (Fsp3) is 0.364. The summed E-state index contributed by atoms with van der Waals surface area (Å²) in [5.74, 6) is 0. The van der Waals surface area contributed by atoms with Crippen LogP contribution in [-0.4, -0.2) is 23.5 Å². The summed E-state index contributed by atoms with van der Waals surface area (Å²) in [5, 5.41) is 0. The van der Waals surface area contributed by atoms with Crippen LogP contribution in [-0.2, 0) is 6.54 Å². The molecule has 0 radical (unpaired) electrons. The van der Waals surface area contributed by atoms with Crippen LogP contribution < -0.4 is 5.73 Å². The smallest absolute Gasteiger partial charge is 0.0740 e. The van der Waals surface area contributed by atoms with E-state index >= 15 is 0 Å². The van der Waals surface area contributed by atoms with Gasteiger partial charge >= 0.3 is 0 Å². The maximum Gasteiger partial charge on any atom is 0.0740 e. The highest BCUT2D eigenvalue weighted by Crippen LogP contribution is 2.11. The zero-order valence-electron chi connectivity index (χ0n) is 8.74. The van der Waals surface area contributed by atoms with Crippen LogP contribution >= 0.6 is 28.1 Å². The lowest BCUT2D eigenvalue weighted by Crippen LogP contribution is -2.23. The average Bonchev–Trinajstić information content (AvgIpc) is 2.19. The van der Waals surface area contributed by atoms with E-state index in [4.69, 9.17) is 18.0 Å². The molecule has 2 nitrogen and oxygen atoms in total. The molecule has 0 aliphatic carbocycles. The van der Waals surface area contributed by atoms with Crippen LogP contribution in [0.1, 0.15) is 12.0 Å². The molecule has 1 aromatic rings. The fourth-order valence-electron chi connectivity index (χ4n) is 1.28. The molecule has 15 heavy (non-hydrogen) atoms. The minimum atomic E-state index is 0.581. The summed E-state index contributed by atoms with van der Waals surface area (Å²) in [7, 11) is 2.07. The zero-order chi connectivity index (χ0) is 11.3. The van der Waals surface area contributed by atoms with Gasteiger partial charge in [0.2, 0.25) is 0 Å². The van der Waals surface area contributed by atoms with Gasteiger partial charge in [0, 0.05) is 24.0 Å². The standard InChI is InChI=1S/C11H15BrN2S/c1-14(7-6-11(13)15)8-9-2-4-10(12)5-3-9/h2-5H,6-8H2,1H3,(H2,13,15). The molecule has 0 heterocycles. The average molecular weight is 287 g/mol. The van der Waals surface area contributed by atoms with Gasteiger partial charge in [0.05, 0.1) is 4.99 Å². The highest BCUT2D eigenvalue weighted by atomic mass is 79.9. The van der Waals surface area contributed by atoms with E-state index in [9.17, 15) is 0 Å². The van der Waals surface area contributed by atoms with Gasteiger partial charge in [0.25, 0.3) is 0 Å². The van der Waals surface area contributed by atoms with Crippen molar-refractivity contribution in [1.29, 1.82) is 0 Å². The van der Waals surface area contributed by atoms with E-state index in [1.54, 1.807) is 0 Å². The van der Waals surface area contributed by atoms with Crippen molar-refractivity contribution in [3.05, 3.63) is 34.3 Å². The molecule has 0 fully saturated rings. The first-order valence-electron chi connectivity index (χ1n) is 4.79. The van der Waals surface area contributed by atoms with E-state index in [0.29, 0.717) is 4.99 Å². The van der Waals surface area contributed by atoms with E-state index in [1.165, 1.54) is 5.56 Å². The molecule has 4 heteroatoms. The number of hydrogen-bond donors (Lipinski definition) is 1. The molecule has 0 atom stereocenters. The van der Waals surface area contributed by atoms with Crippen LogP contribution in [0.3, 0.4) is 0 Å². The number of benzene rings is 1. The molecule has 0 saturated carbocycles. The Morgan fingerprint density at radius 1 is 1.40 bits per heavy atom. The highest BCUT2D eigenvalue weighted by molar-refractivity contribution is 9.10. The van der Waals surface area contributed by atoms with Crippen molar-refractivity contribution in [2.75, 3.05) is 13.6 Å². The minimum absolute atomic E-state index is 0.581. The Morgan fingerprint density at radius 2 is 2.00 bits per heavy atom. The van der Waals surface area contributed by atoms with Crippen molar-refractivity contribution in [3.8, 4) is 0 Å². The molecule has 2 N–H and O–H groups in total. The molecule has 0 saturated heterocycles. The van der Waals surface area contributed by atoms with Crippen LogP contribution in [0.5, 0.6) is 0 Å². The monoisotopic (exact) mass is 286 g/mol. The topological polar surface area (TPSA) is 29.3 Å². The van der Waals surface area contributed by atoms with Crippen molar-refractivity contribution >= 4 is 33.1 Å². The SMILES string of the molecule is CN(CCC(N)=S)Cc1ccc(Br)cc1. The summed E-state index contributed by atoms with van der Waals surface area (Å²) in [6.45, 7) is 1.83. The van der Waals surface area contributed by atoms with Gasteiger partial charge in [-0.2, -0.15) is 0 Å². The number of thiocarbonyl (C=S) groups is 1. The Kier molecular flexibility index (Phi) is 5.22. The first-order chi connectivity index (χ1) is 7.08. The number of nitrogens with two attached hydrogens (primary N) is 1. The third-order valence-corrected chi connectivity index (χ3v) is 2.84. The van der Waals surface area contributed by atoms with E-state index in [0.717, 1.165) is 24.0 Å². The van der Waals surface area contributed by atoms with Gasteiger partial charge in [-0.05, 0) is 24.7 Å². The molecule has 0 aliphatic rings. The molecule has 0 bridgehead atoms. The first-order valence-corrected chi connectivity index (χ1v) is 5.99. The lowest BCUT2D eigenvalue weighted by molar-refractivity contribution is 0.337. The van der Waals surface area contributed by atoms with Gasteiger partial charge in [0.15, 0.2) is 0 Å². The van der Waals surface area contributed by atoms with Gasteiger partial charge in [-0.25, -0.2) is 0 Å². The second-order valence-electron chi connectivity index (χ2n) is 3.58. The highest BCUT2D eigenvalue weighted by Gasteiger charge is 2.00. The summed E-state index contributed by atoms with van der Waals surface area (Å²) in [6.07, 6.45) is 0.780. The van der Waals surface area contributed by atoms with Crippen molar-refractivity contribution < 1.29 is 0 Å². The van der Waals surface area contributed by atoms with Crippen molar-refractivity contribution in [2.45, 2.75) is 13.0 Å². The minimum Gasteiger partial charge on any atom is -0.393 e. The fourth-order valence-corrected chi connectivity index (χ4v) is 1.64. The maximum atomic E-state index is 5.45. The third kappa shape index (κ3) is 5.25. The van der Waals surface area contributed by atoms with E-state index in [-0.39, 0.29) is 0 Å². The maximum absolute atomic E-state index is 5.45. The Bertz CT molecular complexity index is 324.